The lowest BCUT2D eigenvalue weighted by atomic mass is 9.65. The molecule has 1 heterocycles. The Hall–Kier alpha value is -1.76. The van der Waals surface area contributed by atoms with Gasteiger partial charge in [-0.2, -0.15) is 0 Å². The van der Waals surface area contributed by atoms with Gasteiger partial charge in [0.2, 0.25) is 0 Å². The van der Waals surface area contributed by atoms with Crippen molar-refractivity contribution in [2.45, 2.75) is 52.0 Å². The first-order valence-corrected chi connectivity index (χ1v) is 8.28. The predicted octanol–water partition coefficient (Wildman–Crippen LogP) is 5.94. The van der Waals surface area contributed by atoms with Crippen LogP contribution >= 0.6 is 0 Å². The van der Waals surface area contributed by atoms with Crippen molar-refractivity contribution in [3.63, 3.8) is 0 Å². The summed E-state index contributed by atoms with van der Waals surface area (Å²) in [5.41, 5.74) is 4.68. The van der Waals surface area contributed by atoms with Gasteiger partial charge in [0.25, 0.3) is 0 Å². The van der Waals surface area contributed by atoms with E-state index in [0.717, 1.165) is 6.42 Å². The van der Waals surface area contributed by atoms with Crippen molar-refractivity contribution in [1.82, 2.24) is 0 Å². The van der Waals surface area contributed by atoms with Crippen LogP contribution in [-0.4, -0.2) is 0 Å². The van der Waals surface area contributed by atoms with E-state index < -0.39 is 0 Å². The van der Waals surface area contributed by atoms with Crippen LogP contribution < -0.4 is 5.32 Å². The highest BCUT2D eigenvalue weighted by molar-refractivity contribution is 5.58. The lowest BCUT2D eigenvalue weighted by molar-refractivity contribution is 0.242. The summed E-state index contributed by atoms with van der Waals surface area (Å²) in [5, 5.41) is 3.75. The largest absolute Gasteiger partial charge is 0.378 e. The fourth-order valence-electron chi connectivity index (χ4n) is 4.16. The zero-order chi connectivity index (χ0) is 15.8. The highest BCUT2D eigenvalue weighted by Gasteiger charge is 2.39. The van der Waals surface area contributed by atoms with E-state index in [-0.39, 0.29) is 5.41 Å². The second-order valence-corrected chi connectivity index (χ2v) is 8.16. The summed E-state index contributed by atoms with van der Waals surface area (Å²) in [5.74, 6) is 0. The van der Waals surface area contributed by atoms with Gasteiger partial charge >= 0.3 is 0 Å². The third-order valence-corrected chi connectivity index (χ3v) is 4.68. The zero-order valence-electron chi connectivity index (χ0n) is 14.2. The maximum Gasteiger partial charge on any atom is 0.0522 e. The van der Waals surface area contributed by atoms with Gasteiger partial charge in [-0.05, 0) is 40.9 Å². The van der Waals surface area contributed by atoms with E-state index in [1.165, 1.54) is 23.2 Å². The first kappa shape index (κ1) is 15.1. The Morgan fingerprint density at radius 1 is 1.00 bits per heavy atom. The molecule has 0 fully saturated rings. The van der Waals surface area contributed by atoms with Crippen molar-refractivity contribution in [2.24, 2.45) is 5.41 Å². The topological polar surface area (TPSA) is 12.0 Å². The molecule has 0 aromatic heterocycles. The SMILES string of the molecule is CC(C)(C)C[C@]1(C)C[C@@H](c2ccccc2)Nc2ccccc21. The van der Waals surface area contributed by atoms with Crippen LogP contribution in [0.5, 0.6) is 0 Å². The number of fused-ring (bicyclic) bond motifs is 1. The molecule has 1 nitrogen and oxygen atoms in total. The van der Waals surface area contributed by atoms with Crippen LogP contribution in [0.15, 0.2) is 54.6 Å². The van der Waals surface area contributed by atoms with Crippen molar-refractivity contribution >= 4 is 5.69 Å². The summed E-state index contributed by atoms with van der Waals surface area (Å²) in [6, 6.07) is 20.1. The molecule has 116 valence electrons. The third-order valence-electron chi connectivity index (χ3n) is 4.68. The lowest BCUT2D eigenvalue weighted by Crippen LogP contribution is -2.36. The molecule has 1 aliphatic rings. The number of benzene rings is 2. The smallest absolute Gasteiger partial charge is 0.0522 e. The summed E-state index contributed by atoms with van der Waals surface area (Å²) >= 11 is 0. The maximum atomic E-state index is 3.75. The first-order chi connectivity index (χ1) is 10.4. The Balaban J connectivity index is 2.02. The maximum absolute atomic E-state index is 3.75. The van der Waals surface area contributed by atoms with Crippen molar-refractivity contribution in [3.8, 4) is 0 Å². The van der Waals surface area contributed by atoms with Crippen molar-refractivity contribution in [2.75, 3.05) is 5.32 Å². The Morgan fingerprint density at radius 2 is 1.64 bits per heavy atom. The average Bonchev–Trinajstić information content (AvgIpc) is 2.46. The second-order valence-electron chi connectivity index (χ2n) is 8.16. The molecule has 1 heteroatoms. The van der Waals surface area contributed by atoms with E-state index in [4.69, 9.17) is 0 Å². The normalized spacial score (nSPS) is 24.5. The Bertz CT molecular complexity index is 638. The molecule has 0 spiro atoms. The summed E-state index contributed by atoms with van der Waals surface area (Å²) in [4.78, 5) is 0. The summed E-state index contributed by atoms with van der Waals surface area (Å²) < 4.78 is 0. The number of anilines is 1. The molecule has 1 N–H and O–H groups in total. The molecule has 1 aliphatic heterocycles. The molecule has 0 saturated heterocycles. The van der Waals surface area contributed by atoms with Crippen LogP contribution in [0.3, 0.4) is 0 Å². The molecule has 0 saturated carbocycles. The summed E-state index contributed by atoms with van der Waals surface area (Å²) in [6.07, 6.45) is 2.34. The monoisotopic (exact) mass is 293 g/mol. The molecular formula is C21H27N. The minimum atomic E-state index is 0.209. The zero-order valence-corrected chi connectivity index (χ0v) is 14.2. The van der Waals surface area contributed by atoms with Gasteiger partial charge in [-0.15, -0.1) is 0 Å². The molecule has 2 atom stereocenters. The second kappa shape index (κ2) is 5.46. The predicted molar refractivity (Wildman–Crippen MR) is 95.3 cm³/mol. The molecular weight excluding hydrogens is 266 g/mol. The molecule has 0 bridgehead atoms. The average molecular weight is 293 g/mol. The van der Waals surface area contributed by atoms with E-state index in [9.17, 15) is 0 Å². The van der Waals surface area contributed by atoms with E-state index in [1.807, 2.05) is 0 Å². The van der Waals surface area contributed by atoms with E-state index in [1.54, 1.807) is 0 Å². The van der Waals surface area contributed by atoms with E-state index >= 15 is 0 Å². The lowest BCUT2D eigenvalue weighted by Gasteiger charge is -2.44. The minimum Gasteiger partial charge on any atom is -0.378 e. The molecule has 0 amide bonds. The number of para-hydroxylation sites is 1. The van der Waals surface area contributed by atoms with Crippen LogP contribution in [0.2, 0.25) is 0 Å². The quantitative estimate of drug-likeness (QED) is 0.722. The van der Waals surface area contributed by atoms with Crippen molar-refractivity contribution in [1.29, 1.82) is 0 Å². The standard InChI is InChI=1S/C21H27N/c1-20(2,3)15-21(4)14-19(16-10-6-5-7-11-16)22-18-13-9-8-12-17(18)21/h5-13,19,22H,14-15H2,1-4H3/t19-,21-/m0/s1. The molecule has 2 aromatic carbocycles. The van der Waals surface area contributed by atoms with Crippen LogP contribution in [-0.2, 0) is 5.41 Å². The molecule has 22 heavy (non-hydrogen) atoms. The molecule has 0 unspecified atom stereocenters. The van der Waals surface area contributed by atoms with E-state index in [2.05, 4.69) is 87.6 Å². The van der Waals surface area contributed by atoms with Gasteiger partial charge in [0, 0.05) is 5.69 Å². The van der Waals surface area contributed by atoms with Crippen molar-refractivity contribution in [3.05, 3.63) is 65.7 Å². The number of nitrogens with one attached hydrogen (secondary N) is 1. The highest BCUT2D eigenvalue weighted by atomic mass is 14.9. The van der Waals surface area contributed by atoms with Crippen molar-refractivity contribution < 1.29 is 0 Å². The fourth-order valence-corrected chi connectivity index (χ4v) is 4.16. The highest BCUT2D eigenvalue weighted by Crippen LogP contribution is 2.49. The number of hydrogen-bond donors (Lipinski definition) is 1. The van der Waals surface area contributed by atoms with Gasteiger partial charge in [0.15, 0.2) is 0 Å². The van der Waals surface area contributed by atoms with Gasteiger partial charge in [-0.25, -0.2) is 0 Å². The number of rotatable bonds is 2. The van der Waals surface area contributed by atoms with Crippen LogP contribution in [0.4, 0.5) is 5.69 Å². The molecule has 2 aromatic rings. The van der Waals surface area contributed by atoms with Crippen LogP contribution in [0.25, 0.3) is 0 Å². The van der Waals surface area contributed by atoms with Gasteiger partial charge in [-0.1, -0.05) is 76.2 Å². The van der Waals surface area contributed by atoms with Gasteiger partial charge < -0.3 is 5.32 Å². The van der Waals surface area contributed by atoms with Gasteiger partial charge in [0.1, 0.15) is 0 Å². The first-order valence-electron chi connectivity index (χ1n) is 8.28. The third kappa shape index (κ3) is 3.04. The molecule has 0 aliphatic carbocycles. The van der Waals surface area contributed by atoms with Crippen LogP contribution in [0, 0.1) is 5.41 Å². The Labute approximate surface area is 134 Å². The summed E-state index contributed by atoms with van der Waals surface area (Å²) in [7, 11) is 0. The summed E-state index contributed by atoms with van der Waals surface area (Å²) in [6.45, 7) is 9.48. The van der Waals surface area contributed by atoms with Gasteiger partial charge in [0.05, 0.1) is 6.04 Å². The Morgan fingerprint density at radius 3 is 2.32 bits per heavy atom. The van der Waals surface area contributed by atoms with Crippen LogP contribution in [0.1, 0.15) is 57.7 Å². The van der Waals surface area contributed by atoms with E-state index in [0.29, 0.717) is 11.5 Å². The minimum absolute atomic E-state index is 0.209. The molecule has 0 radical (unpaired) electrons. The Kier molecular flexibility index (Phi) is 3.76. The number of hydrogen-bond acceptors (Lipinski definition) is 1. The van der Waals surface area contributed by atoms with Gasteiger partial charge in [-0.3, -0.25) is 0 Å². The molecule has 3 rings (SSSR count). The fraction of sp³-hybridized carbons (Fsp3) is 0.429.